The van der Waals surface area contributed by atoms with Crippen molar-refractivity contribution < 1.29 is 19.8 Å². The zero-order valence-corrected chi connectivity index (χ0v) is 12.3. The van der Waals surface area contributed by atoms with Crippen LogP contribution in [0, 0.1) is 5.92 Å². The van der Waals surface area contributed by atoms with Gasteiger partial charge in [-0.05, 0) is 18.8 Å². The number of carboxylic acids is 1. The van der Waals surface area contributed by atoms with Crippen LogP contribution in [0.3, 0.4) is 0 Å². The highest BCUT2D eigenvalue weighted by molar-refractivity contribution is 7.99. The summed E-state index contributed by atoms with van der Waals surface area (Å²) in [4.78, 5) is 27.0. The first-order valence-corrected chi connectivity index (χ1v) is 8.23. The number of aliphatic hydroxyl groups excluding tert-OH is 1. The van der Waals surface area contributed by atoms with Gasteiger partial charge < -0.3 is 20.0 Å². The predicted octanol–water partition coefficient (Wildman–Crippen LogP) is 0.703. The molecule has 114 valence electrons. The van der Waals surface area contributed by atoms with Gasteiger partial charge in [-0.2, -0.15) is 11.8 Å². The molecule has 0 spiro atoms. The molecule has 0 bridgehead atoms. The van der Waals surface area contributed by atoms with E-state index in [9.17, 15) is 9.59 Å². The molecule has 2 saturated heterocycles. The van der Waals surface area contributed by atoms with Crippen LogP contribution in [0.25, 0.3) is 0 Å². The lowest BCUT2D eigenvalue weighted by molar-refractivity contribution is -0.138. The molecule has 1 atom stereocenters. The van der Waals surface area contributed by atoms with Crippen LogP contribution in [0.5, 0.6) is 0 Å². The number of hydrogen-bond acceptors (Lipinski definition) is 4. The van der Waals surface area contributed by atoms with Crippen molar-refractivity contribution in [2.75, 3.05) is 37.7 Å². The van der Waals surface area contributed by atoms with Crippen LogP contribution >= 0.6 is 11.8 Å². The van der Waals surface area contributed by atoms with Crippen LogP contribution < -0.4 is 0 Å². The number of hydrogen-bond donors (Lipinski definition) is 2. The Morgan fingerprint density at radius 1 is 1.20 bits per heavy atom. The molecular weight excluding hydrogens is 280 g/mol. The second kappa shape index (κ2) is 7.17. The first-order valence-electron chi connectivity index (χ1n) is 7.07. The summed E-state index contributed by atoms with van der Waals surface area (Å²) in [6.45, 7) is 2.13. The highest BCUT2D eigenvalue weighted by Gasteiger charge is 2.33. The van der Waals surface area contributed by atoms with E-state index in [-0.39, 0.29) is 25.1 Å². The lowest BCUT2D eigenvalue weighted by Crippen LogP contribution is -2.54. The second-order valence-electron chi connectivity index (χ2n) is 5.42. The Hall–Kier alpha value is -0.950. The molecule has 1 unspecified atom stereocenters. The molecule has 2 fully saturated rings. The molecule has 2 heterocycles. The van der Waals surface area contributed by atoms with Gasteiger partial charge in [0.05, 0.1) is 12.5 Å². The Balaban J connectivity index is 1.94. The molecule has 2 aliphatic heterocycles. The number of piperidine rings is 1. The third-order valence-electron chi connectivity index (χ3n) is 4.03. The maximum atomic E-state index is 12.5. The topological polar surface area (TPSA) is 81.1 Å². The molecule has 0 aromatic rings. The lowest BCUT2D eigenvalue weighted by Gasteiger charge is -2.40. The van der Waals surface area contributed by atoms with Gasteiger partial charge in [-0.1, -0.05) is 0 Å². The number of carbonyl (C=O) groups excluding carboxylic acids is 1. The van der Waals surface area contributed by atoms with Crippen LogP contribution in [0.4, 0.5) is 4.79 Å². The average Bonchev–Trinajstić information content (AvgIpc) is 2.46. The van der Waals surface area contributed by atoms with Crippen molar-refractivity contribution in [3.05, 3.63) is 0 Å². The van der Waals surface area contributed by atoms with E-state index in [1.807, 2.05) is 0 Å². The molecule has 2 rings (SSSR count). The number of likely N-dealkylation sites (tertiary alicyclic amines) is 1. The van der Waals surface area contributed by atoms with Gasteiger partial charge in [0.1, 0.15) is 0 Å². The standard InChI is InChI=1S/C13H22N2O4S/c16-8-10-1-3-14(4-2-10)13(19)15-5-6-20-9-11(15)7-12(17)18/h10-11,16H,1-9H2,(H,17,18). The van der Waals surface area contributed by atoms with E-state index in [0.29, 0.717) is 31.3 Å². The fourth-order valence-corrected chi connectivity index (χ4v) is 3.83. The molecule has 0 aliphatic carbocycles. The van der Waals surface area contributed by atoms with E-state index in [4.69, 9.17) is 10.2 Å². The maximum absolute atomic E-state index is 12.5. The largest absolute Gasteiger partial charge is 0.481 e. The molecule has 20 heavy (non-hydrogen) atoms. The van der Waals surface area contributed by atoms with Crippen molar-refractivity contribution in [3.63, 3.8) is 0 Å². The van der Waals surface area contributed by atoms with Crippen molar-refractivity contribution >= 4 is 23.8 Å². The minimum Gasteiger partial charge on any atom is -0.481 e. The Morgan fingerprint density at radius 3 is 2.50 bits per heavy atom. The van der Waals surface area contributed by atoms with Crippen molar-refractivity contribution in [2.24, 2.45) is 5.92 Å². The summed E-state index contributed by atoms with van der Waals surface area (Å²) in [5, 5.41) is 18.1. The van der Waals surface area contributed by atoms with Crippen LogP contribution in [-0.2, 0) is 4.79 Å². The van der Waals surface area contributed by atoms with Gasteiger partial charge in [-0.3, -0.25) is 4.79 Å². The zero-order valence-electron chi connectivity index (χ0n) is 11.5. The monoisotopic (exact) mass is 302 g/mol. The van der Waals surface area contributed by atoms with Gasteiger partial charge in [-0.25, -0.2) is 4.79 Å². The fourth-order valence-electron chi connectivity index (χ4n) is 2.77. The summed E-state index contributed by atoms with van der Waals surface area (Å²) in [6.07, 6.45) is 1.68. The Morgan fingerprint density at radius 2 is 1.90 bits per heavy atom. The van der Waals surface area contributed by atoms with E-state index in [0.717, 1.165) is 18.6 Å². The lowest BCUT2D eigenvalue weighted by atomic mass is 9.98. The SMILES string of the molecule is O=C(O)CC1CSCCN1C(=O)N1CCC(CO)CC1. The number of thioether (sulfide) groups is 1. The smallest absolute Gasteiger partial charge is 0.320 e. The Bertz CT molecular complexity index is 358. The summed E-state index contributed by atoms with van der Waals surface area (Å²) in [6, 6.07) is -0.234. The van der Waals surface area contributed by atoms with Crippen molar-refractivity contribution in [3.8, 4) is 0 Å². The zero-order chi connectivity index (χ0) is 14.5. The third kappa shape index (κ3) is 3.79. The molecule has 7 heteroatoms. The fraction of sp³-hybridized carbons (Fsp3) is 0.846. The number of urea groups is 1. The van der Waals surface area contributed by atoms with Crippen LogP contribution in [-0.4, -0.2) is 75.8 Å². The number of amides is 2. The summed E-state index contributed by atoms with van der Waals surface area (Å²) < 4.78 is 0. The highest BCUT2D eigenvalue weighted by atomic mass is 32.2. The van der Waals surface area contributed by atoms with Gasteiger partial charge in [0.2, 0.25) is 0 Å². The summed E-state index contributed by atoms with van der Waals surface area (Å²) >= 11 is 1.71. The van der Waals surface area contributed by atoms with E-state index >= 15 is 0 Å². The van der Waals surface area contributed by atoms with Crippen LogP contribution in [0.15, 0.2) is 0 Å². The number of carboxylic acid groups (broad SMARTS) is 1. The average molecular weight is 302 g/mol. The van der Waals surface area contributed by atoms with E-state index in [1.54, 1.807) is 21.6 Å². The molecule has 0 radical (unpaired) electrons. The number of carbonyl (C=O) groups is 2. The quantitative estimate of drug-likeness (QED) is 0.802. The minimum absolute atomic E-state index is 0.0197. The van der Waals surface area contributed by atoms with Gasteiger partial charge in [0.25, 0.3) is 0 Å². The first-order chi connectivity index (χ1) is 9.61. The molecule has 0 aromatic carbocycles. The van der Waals surface area contributed by atoms with Gasteiger partial charge >= 0.3 is 12.0 Å². The minimum atomic E-state index is -0.853. The molecule has 6 nitrogen and oxygen atoms in total. The second-order valence-corrected chi connectivity index (χ2v) is 6.57. The number of aliphatic carboxylic acids is 1. The van der Waals surface area contributed by atoms with E-state index in [2.05, 4.69) is 0 Å². The number of rotatable bonds is 3. The summed E-state index contributed by atoms with van der Waals surface area (Å²) in [7, 11) is 0. The molecule has 2 aliphatic rings. The molecular formula is C13H22N2O4S. The summed E-state index contributed by atoms with van der Waals surface area (Å²) in [5.74, 6) is 1.01. The van der Waals surface area contributed by atoms with E-state index in [1.165, 1.54) is 0 Å². The first kappa shape index (κ1) is 15.4. The van der Waals surface area contributed by atoms with Gasteiger partial charge in [-0.15, -0.1) is 0 Å². The van der Waals surface area contributed by atoms with Crippen LogP contribution in [0.2, 0.25) is 0 Å². The Kier molecular flexibility index (Phi) is 5.54. The molecule has 2 N–H and O–H groups in total. The van der Waals surface area contributed by atoms with Gasteiger partial charge in [0, 0.05) is 37.7 Å². The van der Waals surface area contributed by atoms with Gasteiger partial charge in [0.15, 0.2) is 0 Å². The van der Waals surface area contributed by atoms with Crippen molar-refractivity contribution in [1.82, 2.24) is 9.80 Å². The maximum Gasteiger partial charge on any atom is 0.320 e. The van der Waals surface area contributed by atoms with Crippen molar-refractivity contribution in [2.45, 2.75) is 25.3 Å². The highest BCUT2D eigenvalue weighted by Crippen LogP contribution is 2.23. The van der Waals surface area contributed by atoms with Crippen LogP contribution in [0.1, 0.15) is 19.3 Å². The predicted molar refractivity (Wildman–Crippen MR) is 76.9 cm³/mol. The normalized spacial score (nSPS) is 24.8. The number of aliphatic hydroxyl groups is 1. The molecule has 2 amide bonds. The van der Waals surface area contributed by atoms with Crippen molar-refractivity contribution in [1.29, 1.82) is 0 Å². The summed E-state index contributed by atoms with van der Waals surface area (Å²) in [5.41, 5.74) is 0. The molecule has 0 aromatic heterocycles. The third-order valence-corrected chi connectivity index (χ3v) is 5.12. The number of nitrogens with zero attached hydrogens (tertiary/aromatic N) is 2. The van der Waals surface area contributed by atoms with E-state index < -0.39 is 5.97 Å². The Labute approximate surface area is 123 Å². The molecule has 0 saturated carbocycles.